The van der Waals surface area contributed by atoms with E-state index in [0.717, 1.165) is 43.9 Å². The van der Waals surface area contributed by atoms with Gasteiger partial charge in [0.1, 0.15) is 18.1 Å². The van der Waals surface area contributed by atoms with Crippen molar-refractivity contribution in [2.45, 2.75) is 32.2 Å². The van der Waals surface area contributed by atoms with E-state index in [0.29, 0.717) is 6.61 Å². The summed E-state index contributed by atoms with van der Waals surface area (Å²) in [7, 11) is 0. The van der Waals surface area contributed by atoms with E-state index in [1.165, 1.54) is 22.4 Å². The van der Waals surface area contributed by atoms with Crippen LogP contribution >= 0.6 is 0 Å². The average Bonchev–Trinajstić information content (AvgIpc) is 2.83. The molecule has 0 spiro atoms. The van der Waals surface area contributed by atoms with E-state index in [9.17, 15) is 0 Å². The number of rotatable bonds is 9. The molecule has 0 saturated carbocycles. The van der Waals surface area contributed by atoms with Crippen molar-refractivity contribution in [3.05, 3.63) is 102 Å². The number of ether oxygens (including phenoxy) is 2. The second kappa shape index (κ2) is 10.2. The second-order valence-electron chi connectivity index (χ2n) is 7.91. The van der Waals surface area contributed by atoms with Crippen LogP contribution < -0.4 is 14.4 Å². The van der Waals surface area contributed by atoms with Gasteiger partial charge in [-0.3, -0.25) is 0 Å². The van der Waals surface area contributed by atoms with E-state index in [2.05, 4.69) is 91.2 Å². The Bertz CT molecular complexity index is 982. The third kappa shape index (κ3) is 4.93. The zero-order valence-electron chi connectivity index (χ0n) is 18.3. The molecule has 160 valence electrons. The topological polar surface area (TPSA) is 21.7 Å². The Morgan fingerprint density at radius 1 is 0.968 bits per heavy atom. The Labute approximate surface area is 185 Å². The number of anilines is 1. The van der Waals surface area contributed by atoms with Gasteiger partial charge in [-0.15, -0.1) is 0 Å². The molecule has 1 aliphatic heterocycles. The van der Waals surface area contributed by atoms with E-state index in [1.54, 1.807) is 6.08 Å². The largest absolute Gasteiger partial charge is 0.494 e. The van der Waals surface area contributed by atoms with Crippen LogP contribution in [0.2, 0.25) is 0 Å². The van der Waals surface area contributed by atoms with Gasteiger partial charge in [-0.25, -0.2) is 0 Å². The predicted molar refractivity (Wildman–Crippen MR) is 128 cm³/mol. The number of hydrogen-bond donors (Lipinski definition) is 0. The van der Waals surface area contributed by atoms with Gasteiger partial charge in [0.2, 0.25) is 0 Å². The van der Waals surface area contributed by atoms with Crippen molar-refractivity contribution in [1.29, 1.82) is 0 Å². The Morgan fingerprint density at radius 3 is 2.48 bits per heavy atom. The summed E-state index contributed by atoms with van der Waals surface area (Å²) in [5.74, 6) is 1.85. The molecule has 0 N–H and O–H groups in total. The van der Waals surface area contributed by atoms with Crippen LogP contribution in [0.4, 0.5) is 5.69 Å². The van der Waals surface area contributed by atoms with Crippen molar-refractivity contribution in [3.8, 4) is 11.5 Å². The minimum atomic E-state index is 0.157. The van der Waals surface area contributed by atoms with Crippen LogP contribution in [-0.2, 0) is 6.42 Å². The first-order chi connectivity index (χ1) is 15.3. The van der Waals surface area contributed by atoms with E-state index in [-0.39, 0.29) is 6.04 Å². The molecule has 1 heterocycles. The molecule has 0 aromatic heterocycles. The van der Waals surface area contributed by atoms with Crippen LogP contribution in [0.1, 0.15) is 42.5 Å². The molecule has 0 bridgehead atoms. The Hall–Kier alpha value is -3.20. The van der Waals surface area contributed by atoms with Crippen LogP contribution in [0, 0.1) is 0 Å². The number of para-hydroxylation sites is 1. The molecule has 0 fully saturated rings. The van der Waals surface area contributed by atoms with Gasteiger partial charge in [-0.2, -0.15) is 0 Å². The third-order valence-corrected chi connectivity index (χ3v) is 5.76. The third-order valence-electron chi connectivity index (χ3n) is 5.76. The summed E-state index contributed by atoms with van der Waals surface area (Å²) in [6.07, 6.45) is 5.00. The molecule has 3 heteroatoms. The number of nitrogens with zero attached hydrogens (tertiary/aromatic N) is 1. The summed E-state index contributed by atoms with van der Waals surface area (Å²) in [4.78, 5) is 2.50. The van der Waals surface area contributed by atoms with Gasteiger partial charge in [-0.1, -0.05) is 62.4 Å². The van der Waals surface area contributed by atoms with Gasteiger partial charge in [0.25, 0.3) is 0 Å². The molecule has 1 unspecified atom stereocenters. The molecule has 0 aliphatic carbocycles. The summed E-state index contributed by atoms with van der Waals surface area (Å²) in [5, 5.41) is 0. The molecule has 3 aromatic carbocycles. The fourth-order valence-electron chi connectivity index (χ4n) is 4.19. The predicted octanol–water partition coefficient (Wildman–Crippen LogP) is 6.58. The van der Waals surface area contributed by atoms with Crippen LogP contribution in [-0.4, -0.2) is 19.8 Å². The SMILES string of the molecule is C=CCOc1ccc(C2c3ccc(OCCCC)cc3CCN2c2ccccc2)cc1. The first kappa shape index (κ1) is 21.0. The zero-order chi connectivity index (χ0) is 21.5. The van der Waals surface area contributed by atoms with Crippen molar-refractivity contribution < 1.29 is 9.47 Å². The molecule has 0 saturated heterocycles. The van der Waals surface area contributed by atoms with Crippen LogP contribution in [0.5, 0.6) is 11.5 Å². The fourth-order valence-corrected chi connectivity index (χ4v) is 4.19. The first-order valence-corrected chi connectivity index (χ1v) is 11.2. The summed E-state index contributed by atoms with van der Waals surface area (Å²) in [6, 6.07) is 25.9. The lowest BCUT2D eigenvalue weighted by Crippen LogP contribution is -2.36. The molecular formula is C28H31NO2. The number of unbranched alkanes of at least 4 members (excludes halogenated alkanes) is 1. The van der Waals surface area contributed by atoms with Crippen molar-refractivity contribution >= 4 is 5.69 Å². The zero-order valence-corrected chi connectivity index (χ0v) is 18.3. The van der Waals surface area contributed by atoms with E-state index < -0.39 is 0 Å². The summed E-state index contributed by atoms with van der Waals surface area (Å²) >= 11 is 0. The van der Waals surface area contributed by atoms with E-state index in [4.69, 9.17) is 9.47 Å². The molecule has 3 aromatic rings. The molecule has 31 heavy (non-hydrogen) atoms. The van der Waals surface area contributed by atoms with Gasteiger partial charge in [-0.05, 0) is 65.9 Å². The quantitative estimate of drug-likeness (QED) is 0.292. The standard InChI is InChI=1S/C28H31NO2/c1-3-5-20-31-26-15-16-27-23(21-26)17-18-29(24-9-7-6-8-10-24)28(27)22-11-13-25(14-12-22)30-19-4-2/h4,6-16,21,28H,2-3,5,17-20H2,1H3. The van der Waals surface area contributed by atoms with E-state index in [1.807, 2.05) is 0 Å². The summed E-state index contributed by atoms with van der Waals surface area (Å²) in [5.41, 5.74) is 5.22. The maximum atomic E-state index is 5.98. The highest BCUT2D eigenvalue weighted by molar-refractivity contribution is 5.57. The lowest BCUT2D eigenvalue weighted by molar-refractivity contribution is 0.309. The Balaban J connectivity index is 1.68. The van der Waals surface area contributed by atoms with Crippen molar-refractivity contribution in [2.24, 2.45) is 0 Å². The maximum Gasteiger partial charge on any atom is 0.119 e. The van der Waals surface area contributed by atoms with Gasteiger partial charge in [0, 0.05) is 12.2 Å². The lowest BCUT2D eigenvalue weighted by atomic mass is 9.87. The highest BCUT2D eigenvalue weighted by Crippen LogP contribution is 2.39. The van der Waals surface area contributed by atoms with Crippen molar-refractivity contribution in [3.63, 3.8) is 0 Å². The Morgan fingerprint density at radius 2 is 1.74 bits per heavy atom. The maximum absolute atomic E-state index is 5.98. The molecule has 0 amide bonds. The smallest absolute Gasteiger partial charge is 0.119 e. The average molecular weight is 414 g/mol. The van der Waals surface area contributed by atoms with Crippen molar-refractivity contribution in [2.75, 3.05) is 24.7 Å². The van der Waals surface area contributed by atoms with Crippen LogP contribution in [0.25, 0.3) is 0 Å². The minimum Gasteiger partial charge on any atom is -0.494 e. The van der Waals surface area contributed by atoms with Crippen LogP contribution in [0.15, 0.2) is 85.5 Å². The van der Waals surface area contributed by atoms with E-state index >= 15 is 0 Å². The van der Waals surface area contributed by atoms with Gasteiger partial charge < -0.3 is 14.4 Å². The van der Waals surface area contributed by atoms with Gasteiger partial charge in [0.05, 0.1) is 12.6 Å². The molecule has 0 radical (unpaired) electrons. The Kier molecular flexibility index (Phi) is 6.93. The van der Waals surface area contributed by atoms with Crippen molar-refractivity contribution in [1.82, 2.24) is 0 Å². The highest BCUT2D eigenvalue weighted by Gasteiger charge is 2.29. The molecule has 3 nitrogen and oxygen atoms in total. The highest BCUT2D eigenvalue weighted by atomic mass is 16.5. The summed E-state index contributed by atoms with van der Waals surface area (Å²) < 4.78 is 11.7. The number of fused-ring (bicyclic) bond motifs is 1. The summed E-state index contributed by atoms with van der Waals surface area (Å²) in [6.45, 7) is 8.17. The normalized spacial score (nSPS) is 15.3. The minimum absolute atomic E-state index is 0.157. The molecular weight excluding hydrogens is 382 g/mol. The lowest BCUT2D eigenvalue weighted by Gasteiger charge is -2.39. The number of hydrogen-bond acceptors (Lipinski definition) is 3. The fraction of sp³-hybridized carbons (Fsp3) is 0.286. The molecule has 4 rings (SSSR count). The second-order valence-corrected chi connectivity index (χ2v) is 7.91. The monoisotopic (exact) mass is 413 g/mol. The van der Waals surface area contributed by atoms with Gasteiger partial charge in [0.15, 0.2) is 0 Å². The molecule has 1 atom stereocenters. The first-order valence-electron chi connectivity index (χ1n) is 11.2. The van der Waals surface area contributed by atoms with Crippen LogP contribution in [0.3, 0.4) is 0 Å². The van der Waals surface area contributed by atoms with Gasteiger partial charge >= 0.3 is 0 Å². The number of benzene rings is 3. The molecule has 1 aliphatic rings.